The predicted molar refractivity (Wildman–Crippen MR) is 73.9 cm³/mol. The molecule has 0 amide bonds. The van der Waals surface area contributed by atoms with Crippen LogP contribution in [-0.4, -0.2) is 25.6 Å². The second kappa shape index (κ2) is 7.21. The number of rotatable bonds is 3. The van der Waals surface area contributed by atoms with E-state index in [1.807, 2.05) is 0 Å². The van der Waals surface area contributed by atoms with Crippen LogP contribution >= 0.6 is 0 Å². The Morgan fingerprint density at radius 1 is 1.35 bits per heavy atom. The first kappa shape index (κ1) is 13.9. The summed E-state index contributed by atoms with van der Waals surface area (Å²) in [6, 6.07) is 0.550. The maximum Gasteiger partial charge on any atom is 0.191 e. The molecule has 1 saturated carbocycles. The van der Waals surface area contributed by atoms with Crippen molar-refractivity contribution in [1.82, 2.24) is 10.6 Å². The molecule has 0 aliphatic heterocycles. The summed E-state index contributed by atoms with van der Waals surface area (Å²) in [5, 5.41) is 6.55. The first-order valence-electron chi connectivity index (χ1n) is 6.58. The largest absolute Gasteiger partial charge is 0.354 e. The molecule has 0 spiro atoms. The van der Waals surface area contributed by atoms with Crippen molar-refractivity contribution in [3.8, 4) is 12.3 Å². The molecule has 0 aromatic heterocycles. The van der Waals surface area contributed by atoms with E-state index in [-0.39, 0.29) is 0 Å². The lowest BCUT2D eigenvalue weighted by Gasteiger charge is -2.32. The zero-order valence-corrected chi connectivity index (χ0v) is 11.3. The van der Waals surface area contributed by atoms with Crippen LogP contribution in [0.15, 0.2) is 4.99 Å². The van der Waals surface area contributed by atoms with Crippen molar-refractivity contribution in [2.24, 2.45) is 16.8 Å². The highest BCUT2D eigenvalue weighted by Gasteiger charge is 2.23. The third-order valence-electron chi connectivity index (χ3n) is 3.64. The third-order valence-corrected chi connectivity index (χ3v) is 3.64. The highest BCUT2D eigenvalue weighted by molar-refractivity contribution is 5.80. The third kappa shape index (κ3) is 4.68. The maximum atomic E-state index is 5.22. The zero-order chi connectivity index (χ0) is 12.7. The highest BCUT2D eigenvalue weighted by atomic mass is 15.2. The second-order valence-corrected chi connectivity index (χ2v) is 5.13. The summed E-state index contributed by atoms with van der Waals surface area (Å²) < 4.78 is 0. The Balaban J connectivity index is 2.32. The normalized spacial score (nSPS) is 25.5. The summed E-state index contributed by atoms with van der Waals surface area (Å²) >= 11 is 0. The number of hydrogen-bond donors (Lipinski definition) is 2. The molecule has 1 fully saturated rings. The first-order valence-corrected chi connectivity index (χ1v) is 6.58. The highest BCUT2D eigenvalue weighted by Crippen LogP contribution is 2.29. The fourth-order valence-electron chi connectivity index (χ4n) is 2.45. The maximum absolute atomic E-state index is 5.22. The molecule has 1 rings (SSSR count). The van der Waals surface area contributed by atoms with E-state index in [0.717, 1.165) is 17.8 Å². The van der Waals surface area contributed by atoms with Gasteiger partial charge in [-0.3, -0.25) is 4.99 Å². The van der Waals surface area contributed by atoms with Crippen molar-refractivity contribution in [3.63, 3.8) is 0 Å². The lowest BCUT2D eigenvalue weighted by molar-refractivity contribution is 0.250. The van der Waals surface area contributed by atoms with E-state index in [4.69, 9.17) is 6.42 Å². The molecule has 1 aliphatic carbocycles. The average Bonchev–Trinajstić information content (AvgIpc) is 2.35. The number of aliphatic imine (C=N–C) groups is 1. The molecular weight excluding hydrogens is 210 g/mol. The molecule has 0 aromatic rings. The lowest BCUT2D eigenvalue weighted by Crippen LogP contribution is -2.45. The summed E-state index contributed by atoms with van der Waals surface area (Å²) in [6.07, 6.45) is 10.3. The van der Waals surface area contributed by atoms with Crippen LogP contribution in [0.1, 0.15) is 39.5 Å². The monoisotopic (exact) mass is 235 g/mol. The van der Waals surface area contributed by atoms with Gasteiger partial charge in [-0.05, 0) is 37.5 Å². The molecule has 0 heterocycles. The Hall–Kier alpha value is -1.17. The minimum absolute atomic E-state index is 0.529. The minimum atomic E-state index is 0.529. The van der Waals surface area contributed by atoms with Crippen molar-refractivity contribution in [2.45, 2.75) is 45.6 Å². The Morgan fingerprint density at radius 3 is 2.47 bits per heavy atom. The first-order chi connectivity index (χ1) is 8.17. The molecule has 0 atom stereocenters. The van der Waals surface area contributed by atoms with Gasteiger partial charge in [0.25, 0.3) is 0 Å². The van der Waals surface area contributed by atoms with Gasteiger partial charge < -0.3 is 10.6 Å². The Morgan fingerprint density at radius 2 is 2.00 bits per heavy atom. The van der Waals surface area contributed by atoms with Crippen LogP contribution < -0.4 is 10.6 Å². The smallest absolute Gasteiger partial charge is 0.191 e. The Labute approximate surface area is 105 Å². The summed E-state index contributed by atoms with van der Waals surface area (Å²) in [5.41, 5.74) is 0. The van der Waals surface area contributed by atoms with Crippen LogP contribution in [0.4, 0.5) is 0 Å². The Bertz CT molecular complexity index is 280. The average molecular weight is 235 g/mol. The molecule has 1 aliphatic rings. The van der Waals surface area contributed by atoms with Crippen LogP contribution in [0.25, 0.3) is 0 Å². The zero-order valence-electron chi connectivity index (χ0n) is 11.3. The van der Waals surface area contributed by atoms with Crippen molar-refractivity contribution >= 4 is 5.96 Å². The number of nitrogens with one attached hydrogen (secondary N) is 2. The molecule has 0 unspecified atom stereocenters. The van der Waals surface area contributed by atoms with E-state index >= 15 is 0 Å². The van der Waals surface area contributed by atoms with E-state index in [9.17, 15) is 0 Å². The summed E-state index contributed by atoms with van der Waals surface area (Å²) in [6.45, 7) is 5.18. The van der Waals surface area contributed by atoms with Gasteiger partial charge in [0.1, 0.15) is 0 Å². The van der Waals surface area contributed by atoms with E-state index in [1.54, 1.807) is 7.05 Å². The molecule has 96 valence electrons. The van der Waals surface area contributed by atoms with Crippen LogP contribution in [-0.2, 0) is 0 Å². The van der Waals surface area contributed by atoms with Crippen LogP contribution in [0, 0.1) is 24.2 Å². The molecule has 0 saturated heterocycles. The van der Waals surface area contributed by atoms with Gasteiger partial charge in [-0.15, -0.1) is 6.42 Å². The summed E-state index contributed by atoms with van der Waals surface area (Å²) in [4.78, 5) is 4.17. The lowest BCUT2D eigenvalue weighted by atomic mass is 9.80. The summed E-state index contributed by atoms with van der Waals surface area (Å²) in [7, 11) is 1.78. The van der Waals surface area contributed by atoms with Crippen molar-refractivity contribution < 1.29 is 0 Å². The van der Waals surface area contributed by atoms with Gasteiger partial charge in [0.05, 0.1) is 6.54 Å². The van der Waals surface area contributed by atoms with Crippen LogP contribution in [0.3, 0.4) is 0 Å². The topological polar surface area (TPSA) is 36.4 Å². The molecule has 2 N–H and O–H groups in total. The van der Waals surface area contributed by atoms with E-state index in [2.05, 4.69) is 35.4 Å². The molecule has 3 heteroatoms. The molecular formula is C14H25N3. The van der Waals surface area contributed by atoms with Crippen molar-refractivity contribution in [1.29, 1.82) is 0 Å². The van der Waals surface area contributed by atoms with Gasteiger partial charge in [0, 0.05) is 13.1 Å². The minimum Gasteiger partial charge on any atom is -0.354 e. The van der Waals surface area contributed by atoms with Crippen LogP contribution in [0.5, 0.6) is 0 Å². The number of nitrogens with zero attached hydrogens (tertiary/aromatic N) is 1. The van der Waals surface area contributed by atoms with Gasteiger partial charge in [0.15, 0.2) is 5.96 Å². The van der Waals surface area contributed by atoms with Gasteiger partial charge >= 0.3 is 0 Å². The van der Waals surface area contributed by atoms with E-state index < -0.39 is 0 Å². The molecule has 0 bridgehead atoms. The van der Waals surface area contributed by atoms with Gasteiger partial charge in [-0.25, -0.2) is 0 Å². The number of guanidine groups is 1. The quantitative estimate of drug-likeness (QED) is 0.446. The predicted octanol–water partition coefficient (Wildman–Crippen LogP) is 2.00. The van der Waals surface area contributed by atoms with E-state index in [0.29, 0.717) is 12.6 Å². The Kier molecular flexibility index (Phi) is 5.90. The molecule has 0 aromatic carbocycles. The number of hydrogen-bond acceptors (Lipinski definition) is 1. The van der Waals surface area contributed by atoms with Gasteiger partial charge in [0.2, 0.25) is 0 Å². The van der Waals surface area contributed by atoms with Crippen molar-refractivity contribution in [3.05, 3.63) is 0 Å². The van der Waals surface area contributed by atoms with Crippen molar-refractivity contribution in [2.75, 3.05) is 13.6 Å². The van der Waals surface area contributed by atoms with Gasteiger partial charge in [-0.2, -0.15) is 0 Å². The SMILES string of the molecule is C#CCNC(=NC)NC1CCC(C(C)C)CC1. The second-order valence-electron chi connectivity index (χ2n) is 5.13. The van der Waals surface area contributed by atoms with Crippen LogP contribution in [0.2, 0.25) is 0 Å². The van der Waals surface area contributed by atoms with E-state index in [1.165, 1.54) is 25.7 Å². The molecule has 17 heavy (non-hydrogen) atoms. The fraction of sp³-hybridized carbons (Fsp3) is 0.786. The molecule has 3 nitrogen and oxygen atoms in total. The van der Waals surface area contributed by atoms with Gasteiger partial charge in [-0.1, -0.05) is 19.8 Å². The number of terminal acetylenes is 1. The fourth-order valence-corrected chi connectivity index (χ4v) is 2.45. The standard InChI is InChI=1S/C14H25N3/c1-5-10-16-14(15-4)17-13-8-6-12(7-9-13)11(2)3/h1,11-13H,6-10H2,2-4H3,(H2,15,16,17). The molecule has 0 radical (unpaired) electrons. The summed E-state index contributed by atoms with van der Waals surface area (Å²) in [5.74, 6) is 5.10.